The summed E-state index contributed by atoms with van der Waals surface area (Å²) >= 11 is 0. The van der Waals surface area contributed by atoms with Crippen LogP contribution in [0.4, 0.5) is 4.79 Å². The SMILES string of the molecule is CN(C(=O)OC(C)(C)C)C1CCC(CCC(=O)O)C1. The van der Waals surface area contributed by atoms with Crippen LogP contribution in [-0.2, 0) is 9.53 Å². The van der Waals surface area contributed by atoms with Gasteiger partial charge in [0, 0.05) is 19.5 Å². The smallest absolute Gasteiger partial charge is 0.410 e. The van der Waals surface area contributed by atoms with Crippen LogP contribution in [0.1, 0.15) is 52.9 Å². The lowest BCUT2D eigenvalue weighted by Gasteiger charge is -2.28. The van der Waals surface area contributed by atoms with Gasteiger partial charge in [0.05, 0.1) is 0 Å². The van der Waals surface area contributed by atoms with Gasteiger partial charge in [0.25, 0.3) is 0 Å². The highest BCUT2D eigenvalue weighted by Gasteiger charge is 2.31. The van der Waals surface area contributed by atoms with Crippen LogP contribution in [0.3, 0.4) is 0 Å². The number of carbonyl (C=O) groups is 2. The molecule has 0 aromatic carbocycles. The molecule has 0 spiro atoms. The van der Waals surface area contributed by atoms with E-state index in [1.54, 1.807) is 11.9 Å². The monoisotopic (exact) mass is 271 g/mol. The van der Waals surface area contributed by atoms with Crippen molar-refractivity contribution in [2.24, 2.45) is 5.92 Å². The van der Waals surface area contributed by atoms with Crippen LogP contribution in [0.5, 0.6) is 0 Å². The van der Waals surface area contributed by atoms with E-state index in [0.29, 0.717) is 12.3 Å². The Morgan fingerprint density at radius 1 is 1.32 bits per heavy atom. The molecule has 2 unspecified atom stereocenters. The molecule has 0 aromatic heterocycles. The molecule has 1 saturated carbocycles. The van der Waals surface area contributed by atoms with Gasteiger partial charge in [0.1, 0.15) is 5.60 Å². The third-order valence-corrected chi connectivity index (χ3v) is 3.51. The minimum Gasteiger partial charge on any atom is -0.481 e. The minimum absolute atomic E-state index is 0.175. The van der Waals surface area contributed by atoms with E-state index in [2.05, 4.69) is 0 Å². The summed E-state index contributed by atoms with van der Waals surface area (Å²) in [7, 11) is 1.76. The fourth-order valence-corrected chi connectivity index (χ4v) is 2.47. The third-order valence-electron chi connectivity index (χ3n) is 3.51. The second-order valence-corrected chi connectivity index (χ2v) is 6.36. The minimum atomic E-state index is -0.746. The first-order valence-electron chi connectivity index (χ1n) is 6.86. The molecule has 1 aliphatic carbocycles. The van der Waals surface area contributed by atoms with Crippen LogP contribution in [0.25, 0.3) is 0 Å². The zero-order chi connectivity index (χ0) is 14.6. The fourth-order valence-electron chi connectivity index (χ4n) is 2.47. The number of rotatable bonds is 4. The Kier molecular flexibility index (Phi) is 5.20. The molecule has 1 rings (SSSR count). The lowest BCUT2D eigenvalue weighted by atomic mass is 10.0. The van der Waals surface area contributed by atoms with Crippen LogP contribution in [0.15, 0.2) is 0 Å². The van der Waals surface area contributed by atoms with E-state index in [4.69, 9.17) is 9.84 Å². The molecular formula is C14H25NO4. The Hall–Kier alpha value is -1.26. The molecule has 1 N–H and O–H groups in total. The molecular weight excluding hydrogens is 246 g/mol. The second kappa shape index (κ2) is 6.26. The molecule has 19 heavy (non-hydrogen) atoms. The van der Waals surface area contributed by atoms with E-state index in [-0.39, 0.29) is 18.6 Å². The Bertz CT molecular complexity index is 335. The zero-order valence-corrected chi connectivity index (χ0v) is 12.3. The first-order valence-corrected chi connectivity index (χ1v) is 6.86. The van der Waals surface area contributed by atoms with Crippen molar-refractivity contribution < 1.29 is 19.4 Å². The number of aliphatic carboxylic acids is 1. The summed E-state index contributed by atoms with van der Waals surface area (Å²) < 4.78 is 5.34. The van der Waals surface area contributed by atoms with Crippen LogP contribution in [0.2, 0.25) is 0 Å². The largest absolute Gasteiger partial charge is 0.481 e. The van der Waals surface area contributed by atoms with Crippen molar-refractivity contribution in [1.82, 2.24) is 4.90 Å². The topological polar surface area (TPSA) is 66.8 Å². The van der Waals surface area contributed by atoms with E-state index in [9.17, 15) is 9.59 Å². The number of nitrogens with zero attached hydrogens (tertiary/aromatic N) is 1. The fraction of sp³-hybridized carbons (Fsp3) is 0.857. The van der Waals surface area contributed by atoms with Gasteiger partial charge < -0.3 is 14.7 Å². The molecule has 0 saturated heterocycles. The summed E-state index contributed by atoms with van der Waals surface area (Å²) in [5.41, 5.74) is -0.480. The Balaban J connectivity index is 2.41. The predicted octanol–water partition coefficient (Wildman–Crippen LogP) is 2.89. The highest BCUT2D eigenvalue weighted by Crippen LogP contribution is 2.32. The quantitative estimate of drug-likeness (QED) is 0.853. The van der Waals surface area contributed by atoms with Crippen LogP contribution in [0, 0.1) is 5.92 Å². The first kappa shape index (κ1) is 15.8. The summed E-state index contributed by atoms with van der Waals surface area (Å²) in [5, 5.41) is 8.68. The summed E-state index contributed by atoms with van der Waals surface area (Å²) in [4.78, 5) is 24.1. The maximum absolute atomic E-state index is 11.9. The van der Waals surface area contributed by atoms with Crippen molar-refractivity contribution in [1.29, 1.82) is 0 Å². The lowest BCUT2D eigenvalue weighted by Crippen LogP contribution is -2.39. The van der Waals surface area contributed by atoms with Crippen LogP contribution in [-0.4, -0.2) is 40.8 Å². The molecule has 1 amide bonds. The van der Waals surface area contributed by atoms with E-state index in [1.165, 1.54) is 0 Å². The van der Waals surface area contributed by atoms with Gasteiger partial charge in [-0.1, -0.05) is 0 Å². The molecule has 0 aromatic rings. The predicted molar refractivity (Wildman–Crippen MR) is 72.0 cm³/mol. The molecule has 0 heterocycles. The summed E-state index contributed by atoms with van der Waals surface area (Å²) in [6.07, 6.45) is 3.42. The first-order chi connectivity index (χ1) is 8.69. The molecule has 1 aliphatic rings. The van der Waals surface area contributed by atoms with Gasteiger partial charge >= 0.3 is 12.1 Å². The lowest BCUT2D eigenvalue weighted by molar-refractivity contribution is -0.137. The third kappa shape index (κ3) is 5.49. The van der Waals surface area contributed by atoms with Crippen molar-refractivity contribution in [2.45, 2.75) is 64.5 Å². The van der Waals surface area contributed by atoms with Gasteiger partial charge in [-0.3, -0.25) is 4.79 Å². The van der Waals surface area contributed by atoms with Crippen molar-refractivity contribution in [3.8, 4) is 0 Å². The van der Waals surface area contributed by atoms with Crippen molar-refractivity contribution in [3.05, 3.63) is 0 Å². The normalized spacial score (nSPS) is 23.2. The molecule has 0 bridgehead atoms. The number of hydrogen-bond donors (Lipinski definition) is 1. The van der Waals surface area contributed by atoms with Crippen molar-refractivity contribution in [3.63, 3.8) is 0 Å². The number of ether oxygens (including phenoxy) is 1. The molecule has 2 atom stereocenters. The summed E-state index contributed by atoms with van der Waals surface area (Å²) in [6, 6.07) is 0.175. The van der Waals surface area contributed by atoms with Crippen molar-refractivity contribution >= 4 is 12.1 Å². The second-order valence-electron chi connectivity index (χ2n) is 6.36. The van der Waals surface area contributed by atoms with Gasteiger partial charge in [-0.15, -0.1) is 0 Å². The molecule has 0 radical (unpaired) electrons. The average molecular weight is 271 g/mol. The van der Waals surface area contributed by atoms with Crippen LogP contribution < -0.4 is 0 Å². The zero-order valence-electron chi connectivity index (χ0n) is 12.3. The Morgan fingerprint density at radius 3 is 2.47 bits per heavy atom. The number of amides is 1. The van der Waals surface area contributed by atoms with Crippen molar-refractivity contribution in [2.75, 3.05) is 7.05 Å². The highest BCUT2D eigenvalue weighted by atomic mass is 16.6. The number of carbonyl (C=O) groups excluding carboxylic acids is 1. The summed E-state index contributed by atoms with van der Waals surface area (Å²) in [6.45, 7) is 5.55. The van der Waals surface area contributed by atoms with Crippen LogP contribution >= 0.6 is 0 Å². The van der Waals surface area contributed by atoms with E-state index in [0.717, 1.165) is 19.3 Å². The van der Waals surface area contributed by atoms with Gasteiger partial charge in [-0.2, -0.15) is 0 Å². The number of hydrogen-bond acceptors (Lipinski definition) is 3. The van der Waals surface area contributed by atoms with Gasteiger partial charge in [0.2, 0.25) is 0 Å². The van der Waals surface area contributed by atoms with Gasteiger partial charge in [-0.25, -0.2) is 4.79 Å². The maximum Gasteiger partial charge on any atom is 0.410 e. The van der Waals surface area contributed by atoms with Gasteiger partial charge in [0.15, 0.2) is 0 Å². The molecule has 5 nitrogen and oxygen atoms in total. The van der Waals surface area contributed by atoms with E-state index >= 15 is 0 Å². The molecule has 0 aliphatic heterocycles. The van der Waals surface area contributed by atoms with E-state index in [1.807, 2.05) is 20.8 Å². The van der Waals surface area contributed by atoms with Gasteiger partial charge in [-0.05, 0) is 52.4 Å². The Morgan fingerprint density at radius 2 is 1.95 bits per heavy atom. The standard InChI is InChI=1S/C14H25NO4/c1-14(2,3)19-13(18)15(4)11-7-5-10(9-11)6-8-12(16)17/h10-11H,5-9H2,1-4H3,(H,16,17). The molecule has 110 valence electrons. The van der Waals surface area contributed by atoms with E-state index < -0.39 is 11.6 Å². The molecule has 5 heteroatoms. The highest BCUT2D eigenvalue weighted by molar-refractivity contribution is 5.68. The number of carboxylic acid groups (broad SMARTS) is 1. The Labute approximate surface area is 114 Å². The summed E-state index contributed by atoms with van der Waals surface area (Å²) in [5.74, 6) is -0.338. The maximum atomic E-state index is 11.9. The average Bonchev–Trinajstić information content (AvgIpc) is 2.71. The number of carboxylic acids is 1. The molecule has 1 fully saturated rings.